The molecule has 34 heavy (non-hydrogen) atoms. The fourth-order valence-corrected chi connectivity index (χ4v) is 4.31. The first-order chi connectivity index (χ1) is 16.6. The van der Waals surface area contributed by atoms with Crippen LogP contribution in [0.15, 0.2) is 67.0 Å². The summed E-state index contributed by atoms with van der Waals surface area (Å²) in [6.45, 7) is 8.35. The third kappa shape index (κ3) is 5.18. The van der Waals surface area contributed by atoms with E-state index in [0.29, 0.717) is 44.1 Å². The Bertz CT molecular complexity index is 1050. The van der Waals surface area contributed by atoms with E-state index >= 15 is 0 Å². The second-order valence-corrected chi connectivity index (χ2v) is 8.20. The number of nitrogens with zero attached hydrogens (tertiary/aromatic N) is 3. The number of pyridine rings is 1. The lowest BCUT2D eigenvalue weighted by atomic mass is 9.95. The summed E-state index contributed by atoms with van der Waals surface area (Å²) in [5.74, 6) is -0.831. The minimum absolute atomic E-state index is 0.0855. The van der Waals surface area contributed by atoms with Crippen molar-refractivity contribution in [3.8, 4) is 5.75 Å². The number of aromatic nitrogens is 1. The van der Waals surface area contributed by atoms with E-state index < -0.39 is 17.7 Å². The molecule has 8 heteroatoms. The summed E-state index contributed by atoms with van der Waals surface area (Å²) in [5, 5.41) is 11.1. The van der Waals surface area contributed by atoms with Gasteiger partial charge in [0.05, 0.1) is 24.8 Å². The maximum absolute atomic E-state index is 13.1. The summed E-state index contributed by atoms with van der Waals surface area (Å²) in [6, 6.07) is 9.77. The van der Waals surface area contributed by atoms with Gasteiger partial charge in [-0.2, -0.15) is 0 Å². The van der Waals surface area contributed by atoms with Crippen LogP contribution in [0.25, 0.3) is 5.76 Å². The number of ketones is 1. The largest absolute Gasteiger partial charge is 0.507 e. The van der Waals surface area contributed by atoms with Crippen molar-refractivity contribution in [3.63, 3.8) is 0 Å². The molecule has 4 rings (SSSR count). The SMILES string of the molecule is C=CCOc1ccc(C2/C(=C(\O)c3ccncc3)C(=O)C(=O)N2CCCN2CCOCC2)cc1. The highest BCUT2D eigenvalue weighted by Gasteiger charge is 2.45. The van der Waals surface area contributed by atoms with Gasteiger partial charge in [-0.05, 0) is 36.2 Å². The van der Waals surface area contributed by atoms with Gasteiger partial charge in [0.1, 0.15) is 18.1 Å². The highest BCUT2D eigenvalue weighted by molar-refractivity contribution is 6.46. The number of aliphatic hydroxyl groups excluding tert-OH is 1. The van der Waals surface area contributed by atoms with Gasteiger partial charge in [-0.1, -0.05) is 24.8 Å². The zero-order valence-corrected chi connectivity index (χ0v) is 19.1. The third-order valence-corrected chi connectivity index (χ3v) is 6.03. The monoisotopic (exact) mass is 463 g/mol. The predicted octanol–water partition coefficient (Wildman–Crippen LogP) is 2.79. The van der Waals surface area contributed by atoms with Gasteiger partial charge in [-0.3, -0.25) is 19.5 Å². The van der Waals surface area contributed by atoms with E-state index in [9.17, 15) is 14.7 Å². The molecule has 0 saturated carbocycles. The standard InChI is InChI=1S/C26H29N3O5/c1-2-16-34-21-6-4-19(5-7-21)23-22(24(30)20-8-10-27-11-9-20)25(31)26(32)29(23)13-3-12-28-14-17-33-18-15-28/h2,4-11,23,30H,1,3,12-18H2/b24-22+. The summed E-state index contributed by atoms with van der Waals surface area (Å²) >= 11 is 0. The van der Waals surface area contributed by atoms with E-state index in [1.54, 1.807) is 35.2 Å². The first-order valence-electron chi connectivity index (χ1n) is 11.4. The fraction of sp³-hybridized carbons (Fsp3) is 0.346. The van der Waals surface area contributed by atoms with Crippen LogP contribution in [0.2, 0.25) is 0 Å². The summed E-state index contributed by atoms with van der Waals surface area (Å²) < 4.78 is 11.0. The van der Waals surface area contributed by atoms with E-state index in [4.69, 9.17) is 9.47 Å². The van der Waals surface area contributed by atoms with Crippen LogP contribution < -0.4 is 4.74 Å². The molecule has 0 bridgehead atoms. The normalized spacial score (nSPS) is 20.5. The van der Waals surface area contributed by atoms with Gasteiger partial charge in [0.25, 0.3) is 11.7 Å². The minimum atomic E-state index is -0.689. The molecular weight excluding hydrogens is 434 g/mol. The molecule has 1 amide bonds. The molecule has 8 nitrogen and oxygen atoms in total. The Hall–Kier alpha value is -3.49. The first-order valence-corrected chi connectivity index (χ1v) is 11.4. The van der Waals surface area contributed by atoms with Crippen LogP contribution in [0.5, 0.6) is 5.75 Å². The Morgan fingerprint density at radius 3 is 2.50 bits per heavy atom. The van der Waals surface area contributed by atoms with Gasteiger partial charge >= 0.3 is 0 Å². The van der Waals surface area contributed by atoms with Crippen molar-refractivity contribution in [3.05, 3.63) is 78.1 Å². The lowest BCUT2D eigenvalue weighted by Gasteiger charge is -2.29. The summed E-state index contributed by atoms with van der Waals surface area (Å²) in [7, 11) is 0. The van der Waals surface area contributed by atoms with E-state index in [0.717, 1.165) is 25.2 Å². The van der Waals surface area contributed by atoms with Crippen LogP contribution in [-0.2, 0) is 14.3 Å². The van der Waals surface area contributed by atoms with Crippen LogP contribution >= 0.6 is 0 Å². The number of aliphatic hydroxyl groups is 1. The van der Waals surface area contributed by atoms with Crippen LogP contribution in [-0.4, -0.2) is 77.6 Å². The number of amides is 1. The fourth-order valence-electron chi connectivity index (χ4n) is 4.31. The van der Waals surface area contributed by atoms with Gasteiger partial charge in [0.2, 0.25) is 0 Å². The second-order valence-electron chi connectivity index (χ2n) is 8.20. The van der Waals surface area contributed by atoms with Crippen molar-refractivity contribution in [2.45, 2.75) is 12.5 Å². The van der Waals surface area contributed by atoms with E-state index in [1.807, 2.05) is 12.1 Å². The number of hydrogen-bond acceptors (Lipinski definition) is 7. The van der Waals surface area contributed by atoms with Crippen molar-refractivity contribution in [2.75, 3.05) is 46.0 Å². The molecule has 1 aromatic carbocycles. The predicted molar refractivity (Wildman–Crippen MR) is 127 cm³/mol. The molecule has 2 fully saturated rings. The maximum Gasteiger partial charge on any atom is 0.295 e. The number of Topliss-reactive ketones (excluding diaryl/α,β-unsaturated/α-hetero) is 1. The van der Waals surface area contributed by atoms with Crippen molar-refractivity contribution in [1.29, 1.82) is 0 Å². The molecular formula is C26H29N3O5. The Labute approximate surface area is 199 Å². The Balaban J connectivity index is 1.64. The van der Waals surface area contributed by atoms with Crippen LogP contribution in [0.4, 0.5) is 0 Å². The number of benzene rings is 1. The molecule has 0 spiro atoms. The zero-order chi connectivity index (χ0) is 23.9. The van der Waals surface area contributed by atoms with E-state index in [2.05, 4.69) is 16.5 Å². The third-order valence-electron chi connectivity index (χ3n) is 6.03. The average molecular weight is 464 g/mol. The maximum atomic E-state index is 13.1. The molecule has 1 atom stereocenters. The minimum Gasteiger partial charge on any atom is -0.507 e. The number of ether oxygens (including phenoxy) is 2. The number of likely N-dealkylation sites (tertiary alicyclic amines) is 1. The molecule has 2 aliphatic rings. The molecule has 178 valence electrons. The first kappa shape index (κ1) is 23.7. The van der Waals surface area contributed by atoms with E-state index in [-0.39, 0.29) is 11.3 Å². The lowest BCUT2D eigenvalue weighted by molar-refractivity contribution is -0.140. The average Bonchev–Trinajstić information content (AvgIpc) is 3.13. The molecule has 1 N–H and O–H groups in total. The summed E-state index contributed by atoms with van der Waals surface area (Å²) in [4.78, 5) is 34.0. The molecule has 3 heterocycles. The van der Waals surface area contributed by atoms with Gasteiger partial charge in [-0.25, -0.2) is 0 Å². The summed E-state index contributed by atoms with van der Waals surface area (Å²) in [5.41, 5.74) is 1.26. The quantitative estimate of drug-likeness (QED) is 0.265. The second kappa shape index (κ2) is 11.1. The Morgan fingerprint density at radius 1 is 1.12 bits per heavy atom. The van der Waals surface area contributed by atoms with E-state index in [1.165, 1.54) is 12.4 Å². The van der Waals surface area contributed by atoms with Crippen molar-refractivity contribution in [2.24, 2.45) is 0 Å². The van der Waals surface area contributed by atoms with Gasteiger partial charge in [0.15, 0.2) is 0 Å². The van der Waals surface area contributed by atoms with Crippen LogP contribution in [0.3, 0.4) is 0 Å². The molecule has 1 aromatic heterocycles. The number of carbonyl (C=O) groups is 2. The number of rotatable bonds is 9. The number of carbonyl (C=O) groups excluding carboxylic acids is 2. The topological polar surface area (TPSA) is 92.2 Å². The Morgan fingerprint density at radius 2 is 1.82 bits per heavy atom. The molecule has 2 aliphatic heterocycles. The molecule has 2 saturated heterocycles. The highest BCUT2D eigenvalue weighted by atomic mass is 16.5. The Kier molecular flexibility index (Phi) is 7.72. The van der Waals surface area contributed by atoms with Crippen LogP contribution in [0.1, 0.15) is 23.6 Å². The molecule has 0 radical (unpaired) electrons. The van der Waals surface area contributed by atoms with Crippen molar-refractivity contribution >= 4 is 17.4 Å². The van der Waals surface area contributed by atoms with Gasteiger partial charge in [0, 0.05) is 44.1 Å². The molecule has 2 aromatic rings. The molecule has 1 unspecified atom stereocenters. The van der Waals surface area contributed by atoms with Crippen LogP contribution in [0, 0.1) is 0 Å². The van der Waals surface area contributed by atoms with Crippen molar-refractivity contribution < 1.29 is 24.2 Å². The van der Waals surface area contributed by atoms with Crippen molar-refractivity contribution in [1.82, 2.24) is 14.8 Å². The van der Waals surface area contributed by atoms with Gasteiger partial charge in [-0.15, -0.1) is 0 Å². The number of hydrogen-bond donors (Lipinski definition) is 1. The zero-order valence-electron chi connectivity index (χ0n) is 19.1. The lowest BCUT2D eigenvalue weighted by Crippen LogP contribution is -2.38. The number of morpholine rings is 1. The smallest absolute Gasteiger partial charge is 0.295 e. The summed E-state index contributed by atoms with van der Waals surface area (Å²) in [6.07, 6.45) is 5.44. The molecule has 0 aliphatic carbocycles. The highest BCUT2D eigenvalue weighted by Crippen LogP contribution is 2.39. The van der Waals surface area contributed by atoms with Gasteiger partial charge < -0.3 is 19.5 Å².